The molecule has 0 spiro atoms. The Labute approximate surface area is 103 Å². The summed E-state index contributed by atoms with van der Waals surface area (Å²) in [5.41, 5.74) is 9.09. The number of hydrogen-bond acceptors (Lipinski definition) is 4. The van der Waals surface area contributed by atoms with Crippen molar-refractivity contribution in [1.82, 2.24) is 4.98 Å². The van der Waals surface area contributed by atoms with E-state index in [4.69, 9.17) is 15.4 Å². The molecule has 0 radical (unpaired) electrons. The van der Waals surface area contributed by atoms with Crippen LogP contribution in [0.4, 0.5) is 5.69 Å². The van der Waals surface area contributed by atoms with Gasteiger partial charge in [0.15, 0.2) is 5.58 Å². The van der Waals surface area contributed by atoms with Gasteiger partial charge in [0.25, 0.3) is 0 Å². The summed E-state index contributed by atoms with van der Waals surface area (Å²) < 4.78 is 5.63. The van der Waals surface area contributed by atoms with Crippen molar-refractivity contribution in [2.24, 2.45) is 0 Å². The van der Waals surface area contributed by atoms with Gasteiger partial charge in [0.2, 0.25) is 5.89 Å². The van der Waals surface area contributed by atoms with Crippen LogP contribution in [0.3, 0.4) is 0 Å². The predicted octanol–water partition coefficient (Wildman–Crippen LogP) is 2.95. The molecule has 4 heteroatoms. The fraction of sp³-hybridized carbons (Fsp3) is 0. The molecule has 2 N–H and O–H groups in total. The Morgan fingerprint density at radius 3 is 2.61 bits per heavy atom. The minimum Gasteiger partial charge on any atom is -0.436 e. The van der Waals surface area contributed by atoms with Crippen molar-refractivity contribution >= 4 is 16.8 Å². The van der Waals surface area contributed by atoms with Gasteiger partial charge in [-0.3, -0.25) is 0 Å². The molecule has 0 amide bonds. The molecule has 2 aromatic carbocycles. The van der Waals surface area contributed by atoms with Crippen molar-refractivity contribution in [1.29, 1.82) is 5.26 Å². The van der Waals surface area contributed by atoms with Gasteiger partial charge < -0.3 is 10.2 Å². The van der Waals surface area contributed by atoms with Crippen LogP contribution < -0.4 is 5.73 Å². The van der Waals surface area contributed by atoms with Crippen LogP contribution in [0, 0.1) is 11.3 Å². The van der Waals surface area contributed by atoms with E-state index in [-0.39, 0.29) is 0 Å². The molecule has 1 heterocycles. The minimum absolute atomic E-state index is 0.528. The van der Waals surface area contributed by atoms with E-state index >= 15 is 0 Å². The van der Waals surface area contributed by atoms with Crippen LogP contribution in [-0.2, 0) is 0 Å². The van der Waals surface area contributed by atoms with Crippen molar-refractivity contribution in [3.8, 4) is 17.5 Å². The third-order valence-electron chi connectivity index (χ3n) is 2.68. The number of oxazole rings is 1. The van der Waals surface area contributed by atoms with E-state index < -0.39 is 0 Å². The average Bonchev–Trinajstić information content (AvgIpc) is 2.82. The molecule has 1 aromatic heterocycles. The molecule has 0 saturated carbocycles. The standard InChI is InChI=1S/C14H9N3O/c15-8-9-1-6-12-13(7-9)18-14(17-12)10-2-4-11(16)5-3-10/h1-7H,16H2. The molecule has 3 aromatic rings. The quantitative estimate of drug-likeness (QED) is 0.658. The van der Waals surface area contributed by atoms with E-state index in [0.29, 0.717) is 22.7 Å². The number of nitrogens with zero attached hydrogens (tertiary/aromatic N) is 2. The van der Waals surface area contributed by atoms with Crippen molar-refractivity contribution in [2.75, 3.05) is 5.73 Å². The fourth-order valence-electron chi connectivity index (χ4n) is 1.74. The number of nitrogen functional groups attached to an aromatic ring is 1. The number of hydrogen-bond donors (Lipinski definition) is 1. The molecule has 0 unspecified atom stereocenters. The van der Waals surface area contributed by atoms with Crippen molar-refractivity contribution in [3.63, 3.8) is 0 Å². The Kier molecular flexibility index (Phi) is 2.24. The summed E-state index contributed by atoms with van der Waals surface area (Å²) >= 11 is 0. The highest BCUT2D eigenvalue weighted by Crippen LogP contribution is 2.25. The zero-order valence-corrected chi connectivity index (χ0v) is 9.42. The van der Waals surface area contributed by atoms with Gasteiger partial charge in [-0.15, -0.1) is 0 Å². The van der Waals surface area contributed by atoms with Gasteiger partial charge in [0.05, 0.1) is 11.6 Å². The first kappa shape index (κ1) is 10.4. The van der Waals surface area contributed by atoms with Gasteiger partial charge in [-0.2, -0.15) is 5.26 Å². The highest BCUT2D eigenvalue weighted by atomic mass is 16.3. The van der Waals surface area contributed by atoms with E-state index in [2.05, 4.69) is 11.1 Å². The fourth-order valence-corrected chi connectivity index (χ4v) is 1.74. The smallest absolute Gasteiger partial charge is 0.227 e. The molecule has 0 saturated heterocycles. The van der Waals surface area contributed by atoms with E-state index in [9.17, 15) is 0 Å². The number of aromatic nitrogens is 1. The highest BCUT2D eigenvalue weighted by molar-refractivity contribution is 5.77. The molecule has 0 aliphatic heterocycles. The lowest BCUT2D eigenvalue weighted by Crippen LogP contribution is -1.83. The number of benzene rings is 2. The number of anilines is 1. The molecule has 4 nitrogen and oxygen atoms in total. The van der Waals surface area contributed by atoms with Crippen molar-refractivity contribution < 1.29 is 4.42 Å². The van der Waals surface area contributed by atoms with Gasteiger partial charge in [0, 0.05) is 17.3 Å². The molecule has 0 bridgehead atoms. The monoisotopic (exact) mass is 235 g/mol. The molecule has 86 valence electrons. The third kappa shape index (κ3) is 1.68. The van der Waals surface area contributed by atoms with Gasteiger partial charge >= 0.3 is 0 Å². The normalized spacial score (nSPS) is 10.4. The first-order chi connectivity index (χ1) is 8.76. The Balaban J connectivity index is 2.13. The van der Waals surface area contributed by atoms with Crippen LogP contribution in [0.2, 0.25) is 0 Å². The number of nitrogens with two attached hydrogens (primary N) is 1. The molecular weight excluding hydrogens is 226 g/mol. The Morgan fingerprint density at radius 1 is 1.11 bits per heavy atom. The van der Waals surface area contributed by atoms with Crippen LogP contribution in [0.5, 0.6) is 0 Å². The molecule has 18 heavy (non-hydrogen) atoms. The zero-order valence-electron chi connectivity index (χ0n) is 9.42. The lowest BCUT2D eigenvalue weighted by molar-refractivity contribution is 0.620. The summed E-state index contributed by atoms with van der Waals surface area (Å²) in [6.07, 6.45) is 0. The Morgan fingerprint density at radius 2 is 1.89 bits per heavy atom. The summed E-state index contributed by atoms with van der Waals surface area (Å²) in [6, 6.07) is 14.5. The van der Waals surface area contributed by atoms with Gasteiger partial charge in [-0.1, -0.05) is 0 Å². The molecule has 0 aliphatic carbocycles. The zero-order chi connectivity index (χ0) is 12.5. The summed E-state index contributed by atoms with van der Waals surface area (Å²) in [7, 11) is 0. The maximum absolute atomic E-state index is 8.83. The first-order valence-electron chi connectivity index (χ1n) is 5.43. The summed E-state index contributed by atoms with van der Waals surface area (Å²) in [6.45, 7) is 0. The molecule has 0 fully saturated rings. The SMILES string of the molecule is N#Cc1ccc2nc(-c3ccc(N)cc3)oc2c1. The van der Waals surface area contributed by atoms with Crippen LogP contribution in [0.25, 0.3) is 22.6 Å². The number of fused-ring (bicyclic) bond motifs is 1. The maximum atomic E-state index is 8.83. The third-order valence-corrected chi connectivity index (χ3v) is 2.68. The van der Waals surface area contributed by atoms with Gasteiger partial charge in [-0.05, 0) is 36.4 Å². The minimum atomic E-state index is 0.528. The van der Waals surface area contributed by atoms with Crippen molar-refractivity contribution in [2.45, 2.75) is 0 Å². The largest absolute Gasteiger partial charge is 0.436 e. The summed E-state index contributed by atoms with van der Waals surface area (Å²) in [4.78, 5) is 4.37. The Bertz CT molecular complexity index is 751. The van der Waals surface area contributed by atoms with Gasteiger partial charge in [0.1, 0.15) is 5.52 Å². The lowest BCUT2D eigenvalue weighted by Gasteiger charge is -1.95. The van der Waals surface area contributed by atoms with Crippen LogP contribution >= 0.6 is 0 Å². The predicted molar refractivity (Wildman–Crippen MR) is 68.6 cm³/mol. The second-order valence-corrected chi connectivity index (χ2v) is 3.94. The highest BCUT2D eigenvalue weighted by Gasteiger charge is 2.08. The van der Waals surface area contributed by atoms with E-state index in [0.717, 1.165) is 11.1 Å². The molecule has 3 rings (SSSR count). The number of nitriles is 1. The van der Waals surface area contributed by atoms with Crippen molar-refractivity contribution in [3.05, 3.63) is 48.0 Å². The molecular formula is C14H9N3O. The second-order valence-electron chi connectivity index (χ2n) is 3.94. The van der Waals surface area contributed by atoms with Gasteiger partial charge in [-0.25, -0.2) is 4.98 Å². The lowest BCUT2D eigenvalue weighted by atomic mass is 10.2. The van der Waals surface area contributed by atoms with Crippen LogP contribution in [0.15, 0.2) is 46.9 Å². The second kappa shape index (κ2) is 3.90. The van der Waals surface area contributed by atoms with Crippen LogP contribution in [-0.4, -0.2) is 4.98 Å². The summed E-state index contributed by atoms with van der Waals surface area (Å²) in [5.74, 6) is 0.528. The first-order valence-corrected chi connectivity index (χ1v) is 5.43. The average molecular weight is 235 g/mol. The molecule has 0 atom stereocenters. The van der Waals surface area contributed by atoms with E-state index in [1.165, 1.54) is 0 Å². The number of rotatable bonds is 1. The molecule has 0 aliphatic rings. The topological polar surface area (TPSA) is 75.8 Å². The summed E-state index contributed by atoms with van der Waals surface area (Å²) in [5, 5.41) is 8.83. The van der Waals surface area contributed by atoms with E-state index in [1.807, 2.05) is 12.1 Å². The van der Waals surface area contributed by atoms with E-state index in [1.54, 1.807) is 30.3 Å². The Hall–Kier alpha value is -2.80. The van der Waals surface area contributed by atoms with Crippen LogP contribution in [0.1, 0.15) is 5.56 Å². The maximum Gasteiger partial charge on any atom is 0.227 e.